The Morgan fingerprint density at radius 2 is 2.07 bits per heavy atom. The van der Waals surface area contributed by atoms with Crippen molar-refractivity contribution in [1.29, 1.82) is 0 Å². The number of rotatable bonds is 3. The highest BCUT2D eigenvalue weighted by atomic mass is 16.4. The van der Waals surface area contributed by atoms with Crippen LogP contribution in [-0.4, -0.2) is 10.2 Å². The smallest absolute Gasteiger partial charge is 0.248 e. The van der Waals surface area contributed by atoms with Crippen LogP contribution in [0.2, 0.25) is 0 Å². The molecular formula is C11H13N3O. The molecule has 0 aliphatic rings. The van der Waals surface area contributed by atoms with E-state index in [2.05, 4.69) is 23.2 Å². The molecule has 2 rings (SSSR count). The van der Waals surface area contributed by atoms with E-state index in [-0.39, 0.29) is 6.54 Å². The third-order valence-electron chi connectivity index (χ3n) is 2.27. The molecule has 0 unspecified atom stereocenters. The summed E-state index contributed by atoms with van der Waals surface area (Å²) >= 11 is 0. The molecule has 0 amide bonds. The summed E-state index contributed by atoms with van der Waals surface area (Å²) in [6.45, 7) is 2.38. The van der Waals surface area contributed by atoms with Gasteiger partial charge in [-0.1, -0.05) is 25.1 Å². The molecule has 0 saturated heterocycles. The molecule has 0 bridgehead atoms. The third-order valence-corrected chi connectivity index (χ3v) is 2.27. The zero-order valence-corrected chi connectivity index (χ0v) is 8.60. The van der Waals surface area contributed by atoms with Crippen LogP contribution in [0.3, 0.4) is 0 Å². The van der Waals surface area contributed by atoms with Gasteiger partial charge in [0.15, 0.2) is 0 Å². The van der Waals surface area contributed by atoms with Crippen LogP contribution in [0.5, 0.6) is 0 Å². The standard InChI is InChI=1S/C11H13N3O/c1-2-8-5-3-4-6-9(8)11-14-13-10(7-12)15-11/h3-6H,2,7,12H2,1H3. The zero-order valence-electron chi connectivity index (χ0n) is 8.60. The molecule has 0 saturated carbocycles. The summed E-state index contributed by atoms with van der Waals surface area (Å²) in [5, 5.41) is 7.81. The fraction of sp³-hybridized carbons (Fsp3) is 0.273. The van der Waals surface area contributed by atoms with Crippen molar-refractivity contribution in [3.8, 4) is 11.5 Å². The van der Waals surface area contributed by atoms with Crippen LogP contribution in [0.1, 0.15) is 18.4 Å². The number of aryl methyl sites for hydroxylation is 1. The van der Waals surface area contributed by atoms with E-state index in [1.54, 1.807) is 0 Å². The van der Waals surface area contributed by atoms with Crippen LogP contribution in [0, 0.1) is 0 Å². The SMILES string of the molecule is CCc1ccccc1-c1nnc(CN)o1. The summed E-state index contributed by atoms with van der Waals surface area (Å²) in [5.74, 6) is 1.02. The van der Waals surface area contributed by atoms with Crippen LogP contribution in [0.15, 0.2) is 28.7 Å². The molecule has 1 aromatic heterocycles. The van der Waals surface area contributed by atoms with Crippen molar-refractivity contribution >= 4 is 0 Å². The molecule has 0 radical (unpaired) electrons. The van der Waals surface area contributed by atoms with Gasteiger partial charge in [-0.05, 0) is 18.1 Å². The van der Waals surface area contributed by atoms with Crippen LogP contribution in [-0.2, 0) is 13.0 Å². The van der Waals surface area contributed by atoms with E-state index < -0.39 is 0 Å². The van der Waals surface area contributed by atoms with Crippen molar-refractivity contribution in [2.75, 3.05) is 0 Å². The Morgan fingerprint density at radius 1 is 1.27 bits per heavy atom. The molecule has 0 fully saturated rings. The summed E-state index contributed by atoms with van der Waals surface area (Å²) < 4.78 is 5.41. The van der Waals surface area contributed by atoms with Crippen molar-refractivity contribution < 1.29 is 4.42 Å². The van der Waals surface area contributed by atoms with Crippen LogP contribution >= 0.6 is 0 Å². The maximum atomic E-state index is 5.42. The molecule has 2 aromatic rings. The first-order chi connectivity index (χ1) is 7.35. The quantitative estimate of drug-likeness (QED) is 0.825. The van der Waals surface area contributed by atoms with Crippen molar-refractivity contribution in [1.82, 2.24) is 10.2 Å². The Kier molecular flexibility index (Phi) is 2.78. The first-order valence-electron chi connectivity index (χ1n) is 4.96. The van der Waals surface area contributed by atoms with Gasteiger partial charge in [0.25, 0.3) is 0 Å². The predicted molar refractivity (Wildman–Crippen MR) is 57.0 cm³/mol. The van der Waals surface area contributed by atoms with Crippen LogP contribution in [0.4, 0.5) is 0 Å². The predicted octanol–water partition coefficient (Wildman–Crippen LogP) is 1.76. The highest BCUT2D eigenvalue weighted by Gasteiger charge is 2.10. The monoisotopic (exact) mass is 203 g/mol. The first kappa shape index (κ1) is 9.86. The van der Waals surface area contributed by atoms with Gasteiger partial charge in [-0.2, -0.15) is 0 Å². The summed E-state index contributed by atoms with van der Waals surface area (Å²) in [5.41, 5.74) is 7.61. The minimum atomic E-state index is 0.279. The topological polar surface area (TPSA) is 64.9 Å². The maximum Gasteiger partial charge on any atom is 0.248 e. The molecule has 1 heterocycles. The lowest BCUT2D eigenvalue weighted by Gasteiger charge is -2.01. The van der Waals surface area contributed by atoms with E-state index in [4.69, 9.17) is 10.2 Å². The highest BCUT2D eigenvalue weighted by Crippen LogP contribution is 2.22. The minimum absolute atomic E-state index is 0.279. The van der Waals surface area contributed by atoms with Gasteiger partial charge in [-0.15, -0.1) is 10.2 Å². The lowest BCUT2D eigenvalue weighted by molar-refractivity contribution is 0.508. The molecule has 0 aliphatic heterocycles. The molecular weight excluding hydrogens is 190 g/mol. The summed E-state index contributed by atoms with van der Waals surface area (Å²) in [4.78, 5) is 0. The fourth-order valence-corrected chi connectivity index (χ4v) is 1.48. The molecule has 15 heavy (non-hydrogen) atoms. The largest absolute Gasteiger partial charge is 0.419 e. The molecule has 2 N–H and O–H groups in total. The van der Waals surface area contributed by atoms with Gasteiger partial charge < -0.3 is 10.2 Å². The molecule has 4 nitrogen and oxygen atoms in total. The van der Waals surface area contributed by atoms with Gasteiger partial charge >= 0.3 is 0 Å². The molecule has 78 valence electrons. The summed E-state index contributed by atoms with van der Waals surface area (Å²) in [6, 6.07) is 8.00. The van der Waals surface area contributed by atoms with E-state index in [1.807, 2.05) is 18.2 Å². The van der Waals surface area contributed by atoms with E-state index in [9.17, 15) is 0 Å². The Morgan fingerprint density at radius 3 is 2.73 bits per heavy atom. The number of nitrogens with two attached hydrogens (primary N) is 1. The van der Waals surface area contributed by atoms with Crippen LogP contribution < -0.4 is 5.73 Å². The number of nitrogens with zero attached hydrogens (tertiary/aromatic N) is 2. The second kappa shape index (κ2) is 4.23. The first-order valence-corrected chi connectivity index (χ1v) is 4.96. The number of aromatic nitrogens is 2. The van der Waals surface area contributed by atoms with Gasteiger partial charge in [-0.25, -0.2) is 0 Å². The molecule has 1 aromatic carbocycles. The average molecular weight is 203 g/mol. The number of hydrogen-bond acceptors (Lipinski definition) is 4. The van der Waals surface area contributed by atoms with Crippen LogP contribution in [0.25, 0.3) is 11.5 Å². The molecule has 4 heteroatoms. The maximum absolute atomic E-state index is 5.42. The molecule has 0 atom stereocenters. The second-order valence-corrected chi connectivity index (χ2v) is 3.22. The van der Waals surface area contributed by atoms with Gasteiger partial charge in [0.2, 0.25) is 11.8 Å². The Labute approximate surface area is 88.1 Å². The van der Waals surface area contributed by atoms with Gasteiger partial charge in [-0.3, -0.25) is 0 Å². The fourth-order valence-electron chi connectivity index (χ4n) is 1.48. The summed E-state index contributed by atoms with van der Waals surface area (Å²) in [6.07, 6.45) is 0.941. The highest BCUT2D eigenvalue weighted by molar-refractivity contribution is 5.58. The average Bonchev–Trinajstić information content (AvgIpc) is 2.77. The van der Waals surface area contributed by atoms with Gasteiger partial charge in [0, 0.05) is 5.56 Å². The van der Waals surface area contributed by atoms with E-state index >= 15 is 0 Å². The zero-order chi connectivity index (χ0) is 10.7. The van der Waals surface area contributed by atoms with Gasteiger partial charge in [0.05, 0.1) is 6.54 Å². The number of hydrogen-bond donors (Lipinski definition) is 1. The second-order valence-electron chi connectivity index (χ2n) is 3.22. The third kappa shape index (κ3) is 1.89. The van der Waals surface area contributed by atoms with Crippen molar-refractivity contribution in [2.24, 2.45) is 5.73 Å². The normalized spacial score (nSPS) is 10.5. The minimum Gasteiger partial charge on any atom is -0.419 e. The van der Waals surface area contributed by atoms with Crippen molar-refractivity contribution in [3.05, 3.63) is 35.7 Å². The Hall–Kier alpha value is -1.68. The molecule has 0 aliphatic carbocycles. The lowest BCUT2D eigenvalue weighted by Crippen LogP contribution is -1.95. The van der Waals surface area contributed by atoms with E-state index in [1.165, 1.54) is 5.56 Å². The van der Waals surface area contributed by atoms with E-state index in [0.29, 0.717) is 11.8 Å². The Bertz CT molecular complexity index is 451. The van der Waals surface area contributed by atoms with E-state index in [0.717, 1.165) is 12.0 Å². The number of benzene rings is 1. The van der Waals surface area contributed by atoms with Crippen molar-refractivity contribution in [3.63, 3.8) is 0 Å². The lowest BCUT2D eigenvalue weighted by atomic mass is 10.1. The Balaban J connectivity index is 2.44. The van der Waals surface area contributed by atoms with Gasteiger partial charge in [0.1, 0.15) is 0 Å². The van der Waals surface area contributed by atoms with Crippen molar-refractivity contribution in [2.45, 2.75) is 19.9 Å². The summed E-state index contributed by atoms with van der Waals surface area (Å²) in [7, 11) is 0. The molecule has 0 spiro atoms.